The van der Waals surface area contributed by atoms with Gasteiger partial charge in [0.1, 0.15) is 11.5 Å². The SMILES string of the molecule is CC1CCCN(c2ccnc(C(=O)Nc3ccc(F)cc3)c2)C1. The number of amides is 1. The molecule has 4 nitrogen and oxygen atoms in total. The Kier molecular flexibility index (Phi) is 4.55. The van der Waals surface area contributed by atoms with Crippen molar-refractivity contribution < 1.29 is 9.18 Å². The summed E-state index contributed by atoms with van der Waals surface area (Å²) >= 11 is 0. The summed E-state index contributed by atoms with van der Waals surface area (Å²) in [7, 11) is 0. The Morgan fingerprint density at radius 1 is 1.30 bits per heavy atom. The van der Waals surface area contributed by atoms with Gasteiger partial charge in [0.05, 0.1) is 0 Å². The van der Waals surface area contributed by atoms with Crippen LogP contribution in [0.3, 0.4) is 0 Å². The summed E-state index contributed by atoms with van der Waals surface area (Å²) in [6.07, 6.45) is 4.08. The lowest BCUT2D eigenvalue weighted by molar-refractivity contribution is 0.102. The molecule has 0 aliphatic carbocycles. The lowest BCUT2D eigenvalue weighted by Gasteiger charge is -2.32. The van der Waals surface area contributed by atoms with Gasteiger partial charge in [-0.3, -0.25) is 9.78 Å². The summed E-state index contributed by atoms with van der Waals surface area (Å²) in [6, 6.07) is 9.44. The van der Waals surface area contributed by atoms with Crippen LogP contribution in [0, 0.1) is 11.7 Å². The molecule has 1 fully saturated rings. The van der Waals surface area contributed by atoms with Crippen LogP contribution in [0.5, 0.6) is 0 Å². The Balaban J connectivity index is 1.73. The maximum Gasteiger partial charge on any atom is 0.274 e. The van der Waals surface area contributed by atoms with Crippen molar-refractivity contribution in [1.29, 1.82) is 0 Å². The smallest absolute Gasteiger partial charge is 0.274 e. The van der Waals surface area contributed by atoms with Gasteiger partial charge in [0.15, 0.2) is 0 Å². The van der Waals surface area contributed by atoms with Crippen LogP contribution in [0.15, 0.2) is 42.6 Å². The van der Waals surface area contributed by atoms with Gasteiger partial charge < -0.3 is 10.2 Å². The fraction of sp³-hybridized carbons (Fsp3) is 0.333. The number of halogens is 1. The molecule has 2 heterocycles. The molecule has 1 atom stereocenters. The third-order valence-electron chi connectivity index (χ3n) is 4.10. The molecule has 1 aromatic carbocycles. The summed E-state index contributed by atoms with van der Waals surface area (Å²) in [6.45, 7) is 4.26. The standard InChI is InChI=1S/C18H20FN3O/c1-13-3-2-10-22(12-13)16-8-9-20-17(11-16)18(23)21-15-6-4-14(19)5-7-15/h4-9,11,13H,2-3,10,12H2,1H3,(H,21,23). The van der Waals surface area contributed by atoms with E-state index >= 15 is 0 Å². The summed E-state index contributed by atoms with van der Waals surface area (Å²) in [5.74, 6) is 0.0410. The Bertz CT molecular complexity index is 687. The number of hydrogen-bond donors (Lipinski definition) is 1. The van der Waals surface area contributed by atoms with Crippen molar-refractivity contribution in [2.45, 2.75) is 19.8 Å². The zero-order chi connectivity index (χ0) is 16.2. The first-order chi connectivity index (χ1) is 11.1. The molecule has 1 aliphatic heterocycles. The molecule has 1 unspecified atom stereocenters. The molecule has 0 radical (unpaired) electrons. The van der Waals surface area contributed by atoms with Crippen molar-refractivity contribution in [3.05, 3.63) is 54.1 Å². The molecule has 0 bridgehead atoms. The van der Waals surface area contributed by atoms with Crippen molar-refractivity contribution in [3.8, 4) is 0 Å². The predicted molar refractivity (Wildman–Crippen MR) is 89.2 cm³/mol. The Labute approximate surface area is 135 Å². The van der Waals surface area contributed by atoms with Crippen molar-refractivity contribution in [2.24, 2.45) is 5.92 Å². The highest BCUT2D eigenvalue weighted by Crippen LogP contribution is 2.23. The van der Waals surface area contributed by atoms with Crippen molar-refractivity contribution in [1.82, 2.24) is 4.98 Å². The molecule has 2 aromatic rings. The Morgan fingerprint density at radius 2 is 2.09 bits per heavy atom. The molecular formula is C18H20FN3O. The van der Waals surface area contributed by atoms with Gasteiger partial charge in [0, 0.05) is 30.7 Å². The van der Waals surface area contributed by atoms with E-state index in [1.807, 2.05) is 12.1 Å². The van der Waals surface area contributed by atoms with E-state index in [1.165, 1.54) is 37.1 Å². The van der Waals surface area contributed by atoms with Crippen molar-refractivity contribution in [2.75, 3.05) is 23.3 Å². The van der Waals surface area contributed by atoms with Crippen LogP contribution in [0.25, 0.3) is 0 Å². The molecule has 1 saturated heterocycles. The van der Waals surface area contributed by atoms with Crippen LogP contribution in [0.1, 0.15) is 30.3 Å². The number of nitrogens with zero attached hydrogens (tertiary/aromatic N) is 2. The van der Waals surface area contributed by atoms with Gasteiger partial charge in [-0.1, -0.05) is 6.92 Å². The molecule has 1 N–H and O–H groups in total. The second-order valence-corrected chi connectivity index (χ2v) is 6.05. The number of anilines is 2. The van der Waals surface area contributed by atoms with Crippen LogP contribution < -0.4 is 10.2 Å². The number of carbonyl (C=O) groups excluding carboxylic acids is 1. The van der Waals surface area contributed by atoms with Gasteiger partial charge in [-0.05, 0) is 55.2 Å². The highest BCUT2D eigenvalue weighted by Gasteiger charge is 2.18. The zero-order valence-corrected chi connectivity index (χ0v) is 13.1. The topological polar surface area (TPSA) is 45.2 Å². The third-order valence-corrected chi connectivity index (χ3v) is 4.10. The summed E-state index contributed by atoms with van der Waals surface area (Å²) < 4.78 is 12.9. The lowest BCUT2D eigenvalue weighted by Crippen LogP contribution is -2.34. The molecule has 23 heavy (non-hydrogen) atoms. The average molecular weight is 313 g/mol. The number of carbonyl (C=O) groups is 1. The third kappa shape index (κ3) is 3.86. The maximum absolute atomic E-state index is 12.9. The van der Waals surface area contributed by atoms with E-state index in [1.54, 1.807) is 6.20 Å². The van der Waals surface area contributed by atoms with Crippen LogP contribution in [-0.2, 0) is 0 Å². The molecule has 120 valence electrons. The number of nitrogens with one attached hydrogen (secondary N) is 1. The van der Waals surface area contributed by atoms with E-state index in [4.69, 9.17) is 0 Å². The number of rotatable bonds is 3. The Morgan fingerprint density at radius 3 is 2.83 bits per heavy atom. The van der Waals surface area contributed by atoms with Crippen molar-refractivity contribution >= 4 is 17.3 Å². The van der Waals surface area contributed by atoms with E-state index in [9.17, 15) is 9.18 Å². The molecule has 1 aromatic heterocycles. The lowest BCUT2D eigenvalue weighted by atomic mass is 10.00. The number of pyridine rings is 1. The minimum Gasteiger partial charge on any atom is -0.371 e. The largest absolute Gasteiger partial charge is 0.371 e. The van der Waals surface area contributed by atoms with Crippen LogP contribution >= 0.6 is 0 Å². The summed E-state index contributed by atoms with van der Waals surface area (Å²) in [4.78, 5) is 18.8. The van der Waals surface area contributed by atoms with Crippen LogP contribution in [0.2, 0.25) is 0 Å². The zero-order valence-electron chi connectivity index (χ0n) is 13.1. The van der Waals surface area contributed by atoms with Gasteiger partial charge in [0.25, 0.3) is 5.91 Å². The Hall–Kier alpha value is -2.43. The highest BCUT2D eigenvalue weighted by molar-refractivity contribution is 6.03. The number of piperidine rings is 1. The van der Waals surface area contributed by atoms with Gasteiger partial charge in [-0.2, -0.15) is 0 Å². The first-order valence-electron chi connectivity index (χ1n) is 7.90. The fourth-order valence-electron chi connectivity index (χ4n) is 2.89. The molecule has 1 aliphatic rings. The second-order valence-electron chi connectivity index (χ2n) is 6.05. The normalized spacial score (nSPS) is 17.8. The van der Waals surface area contributed by atoms with Gasteiger partial charge >= 0.3 is 0 Å². The molecular weight excluding hydrogens is 293 g/mol. The average Bonchev–Trinajstić information content (AvgIpc) is 2.57. The monoisotopic (exact) mass is 313 g/mol. The fourth-order valence-corrected chi connectivity index (χ4v) is 2.89. The highest BCUT2D eigenvalue weighted by atomic mass is 19.1. The maximum atomic E-state index is 12.9. The molecule has 1 amide bonds. The summed E-state index contributed by atoms with van der Waals surface area (Å²) in [5.41, 5.74) is 1.94. The van der Waals surface area contributed by atoms with E-state index < -0.39 is 0 Å². The van der Waals surface area contributed by atoms with E-state index in [-0.39, 0.29) is 11.7 Å². The molecule has 0 saturated carbocycles. The van der Waals surface area contributed by atoms with E-state index in [0.29, 0.717) is 17.3 Å². The van der Waals surface area contributed by atoms with Gasteiger partial charge in [0.2, 0.25) is 0 Å². The second kappa shape index (κ2) is 6.77. The summed E-state index contributed by atoms with van der Waals surface area (Å²) in [5, 5.41) is 2.74. The van der Waals surface area contributed by atoms with Gasteiger partial charge in [-0.25, -0.2) is 4.39 Å². The molecule has 3 rings (SSSR count). The van der Waals surface area contributed by atoms with E-state index in [0.717, 1.165) is 18.8 Å². The number of benzene rings is 1. The molecule has 0 spiro atoms. The minimum absolute atomic E-state index is 0.288. The quantitative estimate of drug-likeness (QED) is 0.939. The molecule has 5 heteroatoms. The van der Waals surface area contributed by atoms with Crippen LogP contribution in [0.4, 0.5) is 15.8 Å². The minimum atomic E-state index is -0.331. The first kappa shape index (κ1) is 15.5. The van der Waals surface area contributed by atoms with Gasteiger partial charge in [-0.15, -0.1) is 0 Å². The van der Waals surface area contributed by atoms with Crippen LogP contribution in [-0.4, -0.2) is 24.0 Å². The van der Waals surface area contributed by atoms with E-state index in [2.05, 4.69) is 22.1 Å². The number of hydrogen-bond acceptors (Lipinski definition) is 3. The predicted octanol–water partition coefficient (Wildman–Crippen LogP) is 3.71. The first-order valence-corrected chi connectivity index (χ1v) is 7.90. The number of aromatic nitrogens is 1. The van der Waals surface area contributed by atoms with Crippen molar-refractivity contribution in [3.63, 3.8) is 0 Å².